The molecule has 0 spiro atoms. The molecule has 0 saturated heterocycles. The van der Waals surface area contributed by atoms with Gasteiger partial charge in [-0.15, -0.1) is 0 Å². The van der Waals surface area contributed by atoms with Gasteiger partial charge < -0.3 is 9.30 Å². The molecule has 34 heavy (non-hydrogen) atoms. The molecule has 0 unspecified atom stereocenters. The number of hydrogen-bond donors (Lipinski definition) is 1. The Morgan fingerprint density at radius 3 is 2.35 bits per heavy atom. The molecule has 4 aromatic rings. The van der Waals surface area contributed by atoms with Crippen LogP contribution in [-0.2, 0) is 11.2 Å². The Balaban J connectivity index is 1.35. The number of hydrazone groups is 1. The Hall–Kier alpha value is -4.12. The summed E-state index contributed by atoms with van der Waals surface area (Å²) in [6.07, 6.45) is 2.64. The molecule has 3 aromatic carbocycles. The Kier molecular flexibility index (Phi) is 7.23. The van der Waals surface area contributed by atoms with Crippen LogP contribution in [0.25, 0.3) is 16.8 Å². The molecule has 0 fully saturated rings. The SMILES string of the molecule is CCc1ccccc1-n1c(C)cc(/C=N/NC(=O)COc2ccc(-c3ccccc3)cc2)c1C. The van der Waals surface area contributed by atoms with Crippen LogP contribution in [0.4, 0.5) is 0 Å². The van der Waals surface area contributed by atoms with Crippen LogP contribution < -0.4 is 10.2 Å². The minimum Gasteiger partial charge on any atom is -0.484 e. The van der Waals surface area contributed by atoms with Crippen molar-refractivity contribution in [2.45, 2.75) is 27.2 Å². The molecule has 1 aromatic heterocycles. The number of carbonyl (C=O) groups excluding carboxylic acids is 1. The van der Waals surface area contributed by atoms with Crippen LogP contribution in [0.1, 0.15) is 29.4 Å². The standard InChI is InChI=1S/C29H29N3O2/c1-4-23-10-8-9-13-28(23)32-21(2)18-26(22(32)3)19-30-31-29(33)20-34-27-16-14-25(15-17-27)24-11-6-5-7-12-24/h5-19H,4,20H2,1-3H3,(H,31,33)/b30-19+. The van der Waals surface area contributed by atoms with Crippen molar-refractivity contribution in [2.24, 2.45) is 5.10 Å². The maximum atomic E-state index is 12.2. The summed E-state index contributed by atoms with van der Waals surface area (Å²) in [4.78, 5) is 12.2. The number of para-hydroxylation sites is 1. The number of aromatic nitrogens is 1. The lowest BCUT2D eigenvalue weighted by Gasteiger charge is -2.13. The van der Waals surface area contributed by atoms with E-state index >= 15 is 0 Å². The van der Waals surface area contributed by atoms with Crippen molar-refractivity contribution in [3.05, 3.63) is 107 Å². The van der Waals surface area contributed by atoms with Crippen molar-refractivity contribution >= 4 is 12.1 Å². The van der Waals surface area contributed by atoms with Crippen molar-refractivity contribution in [3.63, 3.8) is 0 Å². The number of hydrogen-bond acceptors (Lipinski definition) is 3. The predicted molar refractivity (Wildman–Crippen MR) is 138 cm³/mol. The summed E-state index contributed by atoms with van der Waals surface area (Å²) in [6.45, 7) is 6.19. The second kappa shape index (κ2) is 10.7. The first kappa shape index (κ1) is 23.1. The van der Waals surface area contributed by atoms with Crippen LogP contribution in [0.2, 0.25) is 0 Å². The number of amides is 1. The molecule has 5 nitrogen and oxygen atoms in total. The fourth-order valence-electron chi connectivity index (χ4n) is 4.05. The highest BCUT2D eigenvalue weighted by Gasteiger charge is 2.12. The maximum Gasteiger partial charge on any atom is 0.277 e. The number of nitrogens with one attached hydrogen (secondary N) is 1. The van der Waals surface area contributed by atoms with Gasteiger partial charge in [-0.25, -0.2) is 5.43 Å². The van der Waals surface area contributed by atoms with Gasteiger partial charge in [-0.2, -0.15) is 5.10 Å². The van der Waals surface area contributed by atoms with E-state index in [1.54, 1.807) is 6.21 Å². The Labute approximate surface area is 200 Å². The third-order valence-electron chi connectivity index (χ3n) is 5.81. The lowest BCUT2D eigenvalue weighted by molar-refractivity contribution is -0.123. The zero-order chi connectivity index (χ0) is 23.9. The van der Waals surface area contributed by atoms with Gasteiger partial charge in [0.1, 0.15) is 5.75 Å². The Morgan fingerprint density at radius 2 is 1.62 bits per heavy atom. The van der Waals surface area contributed by atoms with E-state index in [-0.39, 0.29) is 12.5 Å². The third-order valence-corrected chi connectivity index (χ3v) is 5.81. The molecule has 0 aliphatic carbocycles. The largest absolute Gasteiger partial charge is 0.484 e. The molecular formula is C29H29N3O2. The monoisotopic (exact) mass is 451 g/mol. The van der Waals surface area contributed by atoms with E-state index in [0.29, 0.717) is 5.75 Å². The molecule has 1 heterocycles. The first-order valence-electron chi connectivity index (χ1n) is 11.4. The molecule has 0 aliphatic rings. The van der Waals surface area contributed by atoms with E-state index in [0.717, 1.165) is 34.5 Å². The highest BCUT2D eigenvalue weighted by molar-refractivity contribution is 5.84. The minimum absolute atomic E-state index is 0.106. The van der Waals surface area contributed by atoms with Gasteiger partial charge in [0.05, 0.1) is 6.21 Å². The number of carbonyl (C=O) groups is 1. The summed E-state index contributed by atoms with van der Waals surface area (Å²) in [7, 11) is 0. The van der Waals surface area contributed by atoms with E-state index in [9.17, 15) is 4.79 Å². The van der Waals surface area contributed by atoms with Crippen LogP contribution in [0.5, 0.6) is 5.75 Å². The number of nitrogens with zero attached hydrogens (tertiary/aromatic N) is 2. The predicted octanol–water partition coefficient (Wildman–Crippen LogP) is 5.85. The molecule has 172 valence electrons. The summed E-state index contributed by atoms with van der Waals surface area (Å²) >= 11 is 0. The minimum atomic E-state index is -0.312. The van der Waals surface area contributed by atoms with Gasteiger partial charge >= 0.3 is 0 Å². The number of rotatable bonds is 8. The topological polar surface area (TPSA) is 55.6 Å². The van der Waals surface area contributed by atoms with Gasteiger partial charge in [0.25, 0.3) is 5.91 Å². The van der Waals surface area contributed by atoms with Crippen LogP contribution in [0.15, 0.2) is 90.0 Å². The van der Waals surface area contributed by atoms with Crippen molar-refractivity contribution in [2.75, 3.05) is 6.61 Å². The van der Waals surface area contributed by atoms with Crippen molar-refractivity contribution in [1.29, 1.82) is 0 Å². The van der Waals surface area contributed by atoms with E-state index in [4.69, 9.17) is 4.74 Å². The molecule has 0 atom stereocenters. The van der Waals surface area contributed by atoms with Crippen LogP contribution in [-0.4, -0.2) is 23.3 Å². The van der Waals surface area contributed by atoms with E-state index in [2.05, 4.69) is 78.3 Å². The highest BCUT2D eigenvalue weighted by Crippen LogP contribution is 2.24. The summed E-state index contributed by atoms with van der Waals surface area (Å²) < 4.78 is 7.83. The fourth-order valence-corrected chi connectivity index (χ4v) is 4.05. The normalized spacial score (nSPS) is 11.0. The summed E-state index contributed by atoms with van der Waals surface area (Å²) in [5.41, 5.74) is 10.4. The van der Waals surface area contributed by atoms with Crippen molar-refractivity contribution in [1.82, 2.24) is 9.99 Å². The lowest BCUT2D eigenvalue weighted by atomic mass is 10.1. The van der Waals surface area contributed by atoms with Crippen LogP contribution >= 0.6 is 0 Å². The molecule has 4 rings (SSSR count). The summed E-state index contributed by atoms with van der Waals surface area (Å²) in [6, 6.07) is 28.3. The third kappa shape index (κ3) is 5.26. The average Bonchev–Trinajstić information content (AvgIpc) is 3.16. The van der Waals surface area contributed by atoms with Crippen LogP contribution in [0.3, 0.4) is 0 Å². The van der Waals surface area contributed by atoms with Crippen molar-refractivity contribution < 1.29 is 9.53 Å². The second-order valence-electron chi connectivity index (χ2n) is 8.12. The molecule has 0 aliphatic heterocycles. The van der Waals surface area contributed by atoms with Gasteiger partial charge in [-0.05, 0) is 61.2 Å². The molecular weight excluding hydrogens is 422 g/mol. The molecule has 1 N–H and O–H groups in total. The van der Waals surface area contributed by atoms with E-state index < -0.39 is 0 Å². The maximum absolute atomic E-state index is 12.2. The first-order chi connectivity index (χ1) is 16.6. The quantitative estimate of drug-likeness (QED) is 0.270. The molecule has 0 saturated carbocycles. The lowest BCUT2D eigenvalue weighted by Crippen LogP contribution is -2.24. The Morgan fingerprint density at radius 1 is 0.941 bits per heavy atom. The highest BCUT2D eigenvalue weighted by atomic mass is 16.5. The van der Waals surface area contributed by atoms with Gasteiger partial charge in [0, 0.05) is 22.6 Å². The van der Waals surface area contributed by atoms with E-state index in [1.165, 1.54) is 11.3 Å². The molecule has 0 bridgehead atoms. The molecule has 0 radical (unpaired) electrons. The van der Waals surface area contributed by atoms with Gasteiger partial charge in [0.15, 0.2) is 6.61 Å². The first-order valence-corrected chi connectivity index (χ1v) is 11.4. The number of benzene rings is 3. The molecule has 5 heteroatoms. The zero-order valence-corrected chi connectivity index (χ0v) is 19.8. The average molecular weight is 452 g/mol. The van der Waals surface area contributed by atoms with Gasteiger partial charge in [-0.1, -0.05) is 67.6 Å². The fraction of sp³-hybridized carbons (Fsp3) is 0.172. The van der Waals surface area contributed by atoms with Crippen LogP contribution in [0, 0.1) is 13.8 Å². The van der Waals surface area contributed by atoms with Gasteiger partial charge in [0.2, 0.25) is 0 Å². The second-order valence-corrected chi connectivity index (χ2v) is 8.12. The molecule has 1 amide bonds. The van der Waals surface area contributed by atoms with Gasteiger partial charge in [-0.3, -0.25) is 4.79 Å². The summed E-state index contributed by atoms with van der Waals surface area (Å²) in [5, 5.41) is 4.14. The number of aryl methyl sites for hydroxylation is 2. The zero-order valence-electron chi connectivity index (χ0n) is 19.8. The number of ether oxygens (including phenoxy) is 1. The van der Waals surface area contributed by atoms with E-state index in [1.807, 2.05) is 42.5 Å². The summed E-state index contributed by atoms with van der Waals surface area (Å²) in [5.74, 6) is 0.325. The smallest absolute Gasteiger partial charge is 0.277 e. The Bertz CT molecular complexity index is 1290. The van der Waals surface area contributed by atoms with Crippen molar-refractivity contribution in [3.8, 4) is 22.6 Å².